The molecule has 1 aliphatic heterocycles. The van der Waals surface area contributed by atoms with Gasteiger partial charge >= 0.3 is 0 Å². The molecule has 132 valence electrons. The first kappa shape index (κ1) is 17.6. The van der Waals surface area contributed by atoms with Gasteiger partial charge in [-0.05, 0) is 42.7 Å². The van der Waals surface area contributed by atoms with E-state index >= 15 is 0 Å². The lowest BCUT2D eigenvalue weighted by Gasteiger charge is -2.31. The number of benzene rings is 1. The highest BCUT2D eigenvalue weighted by molar-refractivity contribution is 7.89. The van der Waals surface area contributed by atoms with Gasteiger partial charge in [0.25, 0.3) is 0 Å². The number of aromatic nitrogens is 1. The number of amides is 1. The van der Waals surface area contributed by atoms with Crippen LogP contribution in [0.3, 0.4) is 0 Å². The van der Waals surface area contributed by atoms with Gasteiger partial charge < -0.3 is 5.32 Å². The van der Waals surface area contributed by atoms with Gasteiger partial charge in [-0.3, -0.25) is 9.78 Å². The van der Waals surface area contributed by atoms with Crippen LogP contribution in [0.2, 0.25) is 0 Å². The van der Waals surface area contributed by atoms with Crippen molar-refractivity contribution in [1.29, 1.82) is 0 Å². The van der Waals surface area contributed by atoms with Gasteiger partial charge in [-0.15, -0.1) is 0 Å². The number of carbonyl (C=O) groups excluding carboxylic acids is 1. The number of hydrogen-bond acceptors (Lipinski definition) is 4. The van der Waals surface area contributed by atoms with Crippen molar-refractivity contribution in [1.82, 2.24) is 14.6 Å². The molecule has 25 heavy (non-hydrogen) atoms. The molecule has 0 spiro atoms. The van der Waals surface area contributed by atoms with E-state index in [2.05, 4.69) is 10.3 Å². The summed E-state index contributed by atoms with van der Waals surface area (Å²) in [6.45, 7) is 1.09. The molecule has 1 amide bonds. The minimum absolute atomic E-state index is 0.107. The predicted octanol–water partition coefficient (Wildman–Crippen LogP) is 1.80. The lowest BCUT2D eigenvalue weighted by molar-refractivity contribution is -0.126. The minimum Gasteiger partial charge on any atom is -0.352 e. The van der Waals surface area contributed by atoms with Crippen LogP contribution >= 0.6 is 0 Å². The van der Waals surface area contributed by atoms with Crippen LogP contribution in [0.5, 0.6) is 0 Å². The summed E-state index contributed by atoms with van der Waals surface area (Å²) in [7, 11) is -3.55. The zero-order chi connectivity index (χ0) is 17.7. The van der Waals surface area contributed by atoms with E-state index in [0.717, 1.165) is 5.56 Å². The first-order valence-electron chi connectivity index (χ1n) is 8.29. The quantitative estimate of drug-likeness (QED) is 0.883. The highest BCUT2D eigenvalue weighted by atomic mass is 32.2. The smallest absolute Gasteiger partial charge is 0.243 e. The summed E-state index contributed by atoms with van der Waals surface area (Å²) in [5, 5.41) is 2.89. The Labute approximate surface area is 147 Å². The molecule has 1 saturated heterocycles. The Morgan fingerprint density at radius 3 is 2.60 bits per heavy atom. The van der Waals surface area contributed by atoms with E-state index in [4.69, 9.17) is 0 Å². The molecule has 1 fully saturated rings. The van der Waals surface area contributed by atoms with E-state index in [1.54, 1.807) is 42.7 Å². The van der Waals surface area contributed by atoms with Crippen LogP contribution < -0.4 is 5.32 Å². The van der Waals surface area contributed by atoms with Gasteiger partial charge in [0.1, 0.15) is 0 Å². The molecule has 2 aromatic rings. The van der Waals surface area contributed by atoms with Gasteiger partial charge in [-0.2, -0.15) is 4.31 Å². The molecule has 6 nitrogen and oxygen atoms in total. The average Bonchev–Trinajstić information content (AvgIpc) is 2.67. The molecule has 0 radical (unpaired) electrons. The lowest BCUT2D eigenvalue weighted by Crippen LogP contribution is -2.45. The molecular weight excluding hydrogens is 338 g/mol. The molecular formula is C18H21N3O3S. The number of hydrogen-bond donors (Lipinski definition) is 1. The summed E-state index contributed by atoms with van der Waals surface area (Å²) < 4.78 is 26.9. The van der Waals surface area contributed by atoms with Crippen molar-refractivity contribution in [2.24, 2.45) is 5.92 Å². The van der Waals surface area contributed by atoms with Crippen molar-refractivity contribution in [3.63, 3.8) is 0 Å². The van der Waals surface area contributed by atoms with Gasteiger partial charge in [0.2, 0.25) is 15.9 Å². The molecule has 3 rings (SSSR count). The Kier molecular flexibility index (Phi) is 5.45. The number of rotatable bonds is 5. The Morgan fingerprint density at radius 2 is 1.88 bits per heavy atom. The maximum absolute atomic E-state index is 12.7. The lowest BCUT2D eigenvalue weighted by atomic mass is 9.99. The van der Waals surface area contributed by atoms with E-state index in [-0.39, 0.29) is 23.3 Å². The van der Waals surface area contributed by atoms with E-state index in [1.165, 1.54) is 4.31 Å². The fourth-order valence-electron chi connectivity index (χ4n) is 2.95. The largest absolute Gasteiger partial charge is 0.352 e. The molecule has 1 atom stereocenters. The molecule has 0 aliphatic carbocycles. The summed E-state index contributed by atoms with van der Waals surface area (Å²) >= 11 is 0. The van der Waals surface area contributed by atoms with Crippen LogP contribution in [0, 0.1) is 5.92 Å². The van der Waals surface area contributed by atoms with Crippen molar-refractivity contribution < 1.29 is 13.2 Å². The van der Waals surface area contributed by atoms with Crippen LogP contribution in [0.15, 0.2) is 59.8 Å². The van der Waals surface area contributed by atoms with Crippen LogP contribution in [-0.4, -0.2) is 36.7 Å². The van der Waals surface area contributed by atoms with Gasteiger partial charge in [0.15, 0.2) is 0 Å². The second-order valence-corrected chi connectivity index (χ2v) is 8.03. The van der Waals surface area contributed by atoms with Crippen molar-refractivity contribution in [2.75, 3.05) is 13.1 Å². The second-order valence-electron chi connectivity index (χ2n) is 6.09. The molecule has 1 aromatic carbocycles. The van der Waals surface area contributed by atoms with Crippen LogP contribution in [0.4, 0.5) is 0 Å². The fourth-order valence-corrected chi connectivity index (χ4v) is 4.50. The number of piperidine rings is 1. The second kappa shape index (κ2) is 7.76. The number of sulfonamides is 1. The number of nitrogens with one attached hydrogen (secondary N) is 1. The first-order valence-corrected chi connectivity index (χ1v) is 9.73. The molecule has 1 aromatic heterocycles. The maximum Gasteiger partial charge on any atom is 0.243 e. The molecule has 0 saturated carbocycles. The summed E-state index contributed by atoms with van der Waals surface area (Å²) in [5.74, 6) is -0.432. The monoisotopic (exact) mass is 359 g/mol. The van der Waals surface area contributed by atoms with Crippen LogP contribution in [0.1, 0.15) is 18.4 Å². The number of carbonyl (C=O) groups is 1. The Morgan fingerprint density at radius 1 is 1.16 bits per heavy atom. The Bertz CT molecular complexity index is 810. The molecule has 1 aliphatic rings. The van der Waals surface area contributed by atoms with Gasteiger partial charge in [-0.25, -0.2) is 8.42 Å². The maximum atomic E-state index is 12.7. The van der Waals surface area contributed by atoms with Crippen molar-refractivity contribution in [3.05, 3.63) is 60.4 Å². The van der Waals surface area contributed by atoms with E-state index in [1.807, 2.05) is 12.1 Å². The highest BCUT2D eigenvalue weighted by Crippen LogP contribution is 2.23. The molecule has 0 unspecified atom stereocenters. The van der Waals surface area contributed by atoms with Crippen molar-refractivity contribution in [2.45, 2.75) is 24.3 Å². The van der Waals surface area contributed by atoms with E-state index in [9.17, 15) is 13.2 Å². The summed E-state index contributed by atoms with van der Waals surface area (Å²) in [4.78, 5) is 16.6. The molecule has 7 heteroatoms. The normalized spacial score (nSPS) is 18.6. The summed E-state index contributed by atoms with van der Waals surface area (Å²) in [6, 6.07) is 12.0. The Hall–Kier alpha value is -2.25. The van der Waals surface area contributed by atoms with E-state index in [0.29, 0.717) is 25.9 Å². The molecule has 1 N–H and O–H groups in total. The zero-order valence-electron chi connectivity index (χ0n) is 13.8. The van der Waals surface area contributed by atoms with Gasteiger partial charge in [0.05, 0.1) is 10.8 Å². The third-order valence-electron chi connectivity index (χ3n) is 4.35. The first-order chi connectivity index (χ1) is 12.1. The minimum atomic E-state index is -3.55. The highest BCUT2D eigenvalue weighted by Gasteiger charge is 2.33. The number of pyridine rings is 1. The van der Waals surface area contributed by atoms with Crippen LogP contribution in [-0.2, 0) is 21.4 Å². The summed E-state index contributed by atoms with van der Waals surface area (Å²) in [6.07, 6.45) is 4.73. The standard InChI is InChI=1S/C18H21N3O3S/c22-18(20-13-15-8-10-19-11-9-15)16-5-4-12-21(14-16)25(23,24)17-6-2-1-3-7-17/h1-3,6-11,16H,4-5,12-14H2,(H,20,22)/t16-/m1/s1. The third-order valence-corrected chi connectivity index (χ3v) is 6.23. The molecule has 2 heterocycles. The van der Waals surface area contributed by atoms with E-state index < -0.39 is 10.0 Å². The average molecular weight is 359 g/mol. The molecule has 0 bridgehead atoms. The van der Waals surface area contributed by atoms with Crippen LogP contribution in [0.25, 0.3) is 0 Å². The SMILES string of the molecule is O=C(NCc1ccncc1)[C@@H]1CCCN(S(=O)(=O)c2ccccc2)C1. The predicted molar refractivity (Wildman–Crippen MR) is 94.0 cm³/mol. The van der Waals surface area contributed by atoms with Crippen molar-refractivity contribution in [3.8, 4) is 0 Å². The van der Waals surface area contributed by atoms with Gasteiger partial charge in [0, 0.05) is 32.0 Å². The van der Waals surface area contributed by atoms with Gasteiger partial charge in [-0.1, -0.05) is 18.2 Å². The summed E-state index contributed by atoms with van der Waals surface area (Å²) in [5.41, 5.74) is 0.966. The van der Waals surface area contributed by atoms with Crippen molar-refractivity contribution >= 4 is 15.9 Å². The topological polar surface area (TPSA) is 79.4 Å². The zero-order valence-corrected chi connectivity index (χ0v) is 14.7. The number of nitrogens with zero attached hydrogens (tertiary/aromatic N) is 2. The Balaban J connectivity index is 1.64. The third kappa shape index (κ3) is 4.24. The fraction of sp³-hybridized carbons (Fsp3) is 0.333.